The average Bonchev–Trinajstić information content (AvgIpc) is 3.12. The lowest BCUT2D eigenvalue weighted by molar-refractivity contribution is -0.140. The van der Waals surface area contributed by atoms with E-state index in [1.54, 1.807) is 6.07 Å². The summed E-state index contributed by atoms with van der Waals surface area (Å²) in [7, 11) is 0. The van der Waals surface area contributed by atoms with E-state index in [-0.39, 0.29) is 48.3 Å². The van der Waals surface area contributed by atoms with E-state index in [2.05, 4.69) is 10.3 Å². The smallest absolute Gasteiger partial charge is 0.233 e. The fourth-order valence-electron chi connectivity index (χ4n) is 3.44. The molecule has 0 unspecified atom stereocenters. The molecule has 1 aromatic heterocycles. The molecule has 1 aliphatic heterocycles. The first-order chi connectivity index (χ1) is 12.5. The fraction of sp³-hybridized carbons (Fsp3) is 0.333. The first kappa shape index (κ1) is 16.8. The number of aromatic nitrogens is 1. The predicted octanol–water partition coefficient (Wildman–Crippen LogP) is 2.72. The number of likely N-dealkylation sites (tertiary alicyclic amines) is 1. The number of halogens is 1. The minimum Gasteiger partial charge on any atom is -0.302 e. The van der Waals surface area contributed by atoms with Crippen molar-refractivity contribution in [2.75, 3.05) is 11.9 Å². The van der Waals surface area contributed by atoms with Crippen molar-refractivity contribution >= 4 is 44.4 Å². The van der Waals surface area contributed by atoms with Gasteiger partial charge in [0.15, 0.2) is 5.13 Å². The van der Waals surface area contributed by atoms with Crippen LogP contribution in [0.1, 0.15) is 19.3 Å². The van der Waals surface area contributed by atoms with Crippen molar-refractivity contribution < 1.29 is 18.8 Å². The number of allylic oxidation sites excluding steroid dienone is 2. The van der Waals surface area contributed by atoms with Crippen LogP contribution in [-0.2, 0) is 14.4 Å². The third-order valence-corrected chi connectivity index (χ3v) is 5.69. The molecule has 1 saturated heterocycles. The maximum Gasteiger partial charge on any atom is 0.233 e. The quantitative estimate of drug-likeness (QED) is 0.660. The van der Waals surface area contributed by atoms with Crippen LogP contribution in [0.2, 0.25) is 0 Å². The number of fused-ring (bicyclic) bond motifs is 2. The number of nitrogens with zero attached hydrogens (tertiary/aromatic N) is 2. The summed E-state index contributed by atoms with van der Waals surface area (Å²) in [4.78, 5) is 42.3. The molecule has 0 saturated carbocycles. The third-order valence-electron chi connectivity index (χ3n) is 4.76. The average molecular weight is 373 g/mol. The van der Waals surface area contributed by atoms with Gasteiger partial charge in [-0.1, -0.05) is 23.5 Å². The maximum absolute atomic E-state index is 13.2. The Kier molecular flexibility index (Phi) is 4.28. The summed E-state index contributed by atoms with van der Waals surface area (Å²) < 4.78 is 13.9. The van der Waals surface area contributed by atoms with Gasteiger partial charge < -0.3 is 5.32 Å². The number of anilines is 1. The monoisotopic (exact) mass is 373 g/mol. The van der Waals surface area contributed by atoms with E-state index in [9.17, 15) is 18.8 Å². The molecular formula is C18H16FN3O3S. The van der Waals surface area contributed by atoms with Crippen molar-refractivity contribution in [3.05, 3.63) is 36.2 Å². The van der Waals surface area contributed by atoms with Crippen LogP contribution < -0.4 is 5.32 Å². The van der Waals surface area contributed by atoms with Crippen LogP contribution >= 0.6 is 11.3 Å². The zero-order valence-electron chi connectivity index (χ0n) is 13.8. The van der Waals surface area contributed by atoms with Gasteiger partial charge in [0.2, 0.25) is 17.7 Å². The zero-order chi connectivity index (χ0) is 18.3. The first-order valence-electron chi connectivity index (χ1n) is 8.39. The number of hydrogen-bond donors (Lipinski definition) is 1. The van der Waals surface area contributed by atoms with Gasteiger partial charge in [0.25, 0.3) is 0 Å². The van der Waals surface area contributed by atoms with Crippen molar-refractivity contribution in [2.45, 2.75) is 19.3 Å². The molecule has 1 aliphatic carbocycles. The summed E-state index contributed by atoms with van der Waals surface area (Å²) in [5, 5.41) is 3.02. The SMILES string of the molecule is O=C(CCN1C(=O)[C@H]2CC=CC[C@H]2C1=O)Nc1nc2ccc(F)cc2s1. The number of carbonyl (C=O) groups is 3. The van der Waals surface area contributed by atoms with Crippen LogP contribution in [0.3, 0.4) is 0 Å². The van der Waals surface area contributed by atoms with E-state index in [1.165, 1.54) is 28.4 Å². The number of amides is 3. The highest BCUT2D eigenvalue weighted by atomic mass is 32.1. The highest BCUT2D eigenvalue weighted by Gasteiger charge is 2.46. The largest absolute Gasteiger partial charge is 0.302 e. The molecule has 3 amide bonds. The van der Waals surface area contributed by atoms with E-state index >= 15 is 0 Å². The van der Waals surface area contributed by atoms with Crippen molar-refractivity contribution in [3.8, 4) is 0 Å². The Morgan fingerprint density at radius 3 is 2.62 bits per heavy atom. The van der Waals surface area contributed by atoms with Crippen molar-refractivity contribution in [1.82, 2.24) is 9.88 Å². The fourth-order valence-corrected chi connectivity index (χ4v) is 4.34. The van der Waals surface area contributed by atoms with Crippen molar-refractivity contribution in [1.29, 1.82) is 0 Å². The molecule has 2 atom stereocenters. The van der Waals surface area contributed by atoms with E-state index in [1.807, 2.05) is 12.2 Å². The second-order valence-corrected chi connectivity index (χ2v) is 7.44. The number of nitrogens with one attached hydrogen (secondary N) is 1. The van der Waals surface area contributed by atoms with Gasteiger partial charge in [-0.3, -0.25) is 19.3 Å². The summed E-state index contributed by atoms with van der Waals surface area (Å²) in [5.74, 6) is -1.64. The van der Waals surface area contributed by atoms with E-state index < -0.39 is 0 Å². The van der Waals surface area contributed by atoms with Crippen molar-refractivity contribution in [3.63, 3.8) is 0 Å². The lowest BCUT2D eigenvalue weighted by Gasteiger charge is -2.14. The topological polar surface area (TPSA) is 79.4 Å². The van der Waals surface area contributed by atoms with Crippen LogP contribution in [0.5, 0.6) is 0 Å². The Labute approximate surface area is 152 Å². The molecule has 6 nitrogen and oxygen atoms in total. The lowest BCUT2D eigenvalue weighted by atomic mass is 9.85. The number of benzene rings is 1. The van der Waals surface area contributed by atoms with Gasteiger partial charge >= 0.3 is 0 Å². The van der Waals surface area contributed by atoms with Gasteiger partial charge in [-0.05, 0) is 31.0 Å². The molecule has 2 heterocycles. The summed E-state index contributed by atoms with van der Waals surface area (Å²) in [6.45, 7) is 0.0655. The molecule has 8 heteroatoms. The Morgan fingerprint density at radius 1 is 1.23 bits per heavy atom. The van der Waals surface area contributed by atoms with Gasteiger partial charge in [0.1, 0.15) is 5.82 Å². The third kappa shape index (κ3) is 3.01. The second-order valence-electron chi connectivity index (χ2n) is 6.41. The summed E-state index contributed by atoms with van der Waals surface area (Å²) in [5.41, 5.74) is 0.605. The molecule has 0 spiro atoms. The predicted molar refractivity (Wildman–Crippen MR) is 94.9 cm³/mol. The highest BCUT2D eigenvalue weighted by Crippen LogP contribution is 2.35. The minimum absolute atomic E-state index is 0.00857. The summed E-state index contributed by atoms with van der Waals surface area (Å²) >= 11 is 1.18. The number of rotatable bonds is 4. The van der Waals surface area contributed by atoms with Crippen LogP contribution in [0, 0.1) is 17.7 Å². The number of thiazole rings is 1. The van der Waals surface area contributed by atoms with E-state index in [0.717, 1.165) is 0 Å². The number of imide groups is 1. The number of carbonyl (C=O) groups excluding carboxylic acids is 3. The maximum atomic E-state index is 13.2. The van der Waals surface area contributed by atoms with Gasteiger partial charge in [0.05, 0.1) is 22.1 Å². The first-order valence-corrected chi connectivity index (χ1v) is 9.21. The van der Waals surface area contributed by atoms with Crippen molar-refractivity contribution in [2.24, 2.45) is 11.8 Å². The van der Waals surface area contributed by atoms with Gasteiger partial charge in [-0.25, -0.2) is 9.37 Å². The zero-order valence-corrected chi connectivity index (χ0v) is 14.6. The Balaban J connectivity index is 1.37. The van der Waals surface area contributed by atoms with Crippen LogP contribution in [0.4, 0.5) is 9.52 Å². The molecule has 26 heavy (non-hydrogen) atoms. The molecule has 1 fully saturated rings. The molecular weight excluding hydrogens is 357 g/mol. The van der Waals surface area contributed by atoms with Crippen LogP contribution in [0.15, 0.2) is 30.4 Å². The minimum atomic E-state index is -0.360. The summed E-state index contributed by atoms with van der Waals surface area (Å²) in [6, 6.07) is 4.22. The molecule has 2 aromatic rings. The molecule has 1 aromatic carbocycles. The molecule has 2 aliphatic rings. The highest BCUT2D eigenvalue weighted by molar-refractivity contribution is 7.22. The molecule has 0 radical (unpaired) electrons. The standard InChI is InChI=1S/C18H16FN3O3S/c19-10-5-6-13-14(9-10)26-18(20-13)21-15(23)7-8-22-16(24)11-3-1-2-4-12(11)17(22)25/h1-2,5-6,9,11-12H,3-4,7-8H2,(H,20,21,23)/t11-,12+. The molecule has 1 N–H and O–H groups in total. The molecule has 134 valence electrons. The Morgan fingerprint density at radius 2 is 1.92 bits per heavy atom. The van der Waals surface area contributed by atoms with Gasteiger partial charge in [-0.15, -0.1) is 0 Å². The van der Waals surface area contributed by atoms with Crippen LogP contribution in [0.25, 0.3) is 10.2 Å². The second kappa shape index (κ2) is 6.60. The summed E-state index contributed by atoms with van der Waals surface area (Å²) in [6.07, 6.45) is 5.03. The van der Waals surface area contributed by atoms with Crippen LogP contribution in [-0.4, -0.2) is 34.2 Å². The lowest BCUT2D eigenvalue weighted by Crippen LogP contribution is -2.34. The van der Waals surface area contributed by atoms with E-state index in [0.29, 0.717) is 28.2 Å². The number of hydrogen-bond acceptors (Lipinski definition) is 5. The molecule has 0 bridgehead atoms. The normalized spacial score (nSPS) is 22.1. The Hall–Kier alpha value is -2.61. The Bertz CT molecular complexity index is 913. The van der Waals surface area contributed by atoms with Gasteiger partial charge in [0, 0.05) is 13.0 Å². The van der Waals surface area contributed by atoms with E-state index in [4.69, 9.17) is 0 Å². The molecule has 4 rings (SSSR count). The van der Waals surface area contributed by atoms with Gasteiger partial charge in [-0.2, -0.15) is 0 Å².